The number of carboxylic acids is 1. The summed E-state index contributed by atoms with van der Waals surface area (Å²) in [6.45, 7) is 4.02. The molecule has 0 aliphatic heterocycles. The summed E-state index contributed by atoms with van der Waals surface area (Å²) >= 11 is 0. The SMILES string of the molecule is [2H]OC(=O)C(CC)CCCC. The molecule has 10 heavy (non-hydrogen) atoms. The Balaban J connectivity index is 3.65. The number of carbonyl (C=O) groups is 1. The van der Waals surface area contributed by atoms with E-state index in [9.17, 15) is 4.79 Å². The Morgan fingerprint density at radius 1 is 1.70 bits per heavy atom. The summed E-state index contributed by atoms with van der Waals surface area (Å²) in [4.78, 5) is 10.8. The summed E-state index contributed by atoms with van der Waals surface area (Å²) in [6.07, 6.45) is 3.75. The fourth-order valence-corrected chi connectivity index (χ4v) is 0.939. The lowest BCUT2D eigenvalue weighted by molar-refractivity contribution is -0.142. The van der Waals surface area contributed by atoms with E-state index in [1.54, 1.807) is 0 Å². The molecule has 0 spiro atoms. The van der Waals surface area contributed by atoms with Gasteiger partial charge >= 0.3 is 5.97 Å². The van der Waals surface area contributed by atoms with Crippen LogP contribution in [-0.2, 0) is 4.79 Å². The van der Waals surface area contributed by atoms with Gasteiger partial charge in [0.2, 0.25) is 0 Å². The van der Waals surface area contributed by atoms with Crippen LogP contribution in [0.4, 0.5) is 0 Å². The molecular formula is C8H16O2. The molecule has 1 atom stereocenters. The Labute approximate surface area is 63.7 Å². The minimum Gasteiger partial charge on any atom is -0.481 e. The van der Waals surface area contributed by atoms with Gasteiger partial charge in [-0.05, 0) is 12.8 Å². The number of unbranched alkanes of at least 4 members (excludes halogenated alkanes) is 1. The van der Waals surface area contributed by atoms with Crippen molar-refractivity contribution in [2.24, 2.45) is 5.92 Å². The van der Waals surface area contributed by atoms with E-state index >= 15 is 0 Å². The third-order valence-electron chi connectivity index (χ3n) is 1.73. The number of hydrogen-bond donors (Lipinski definition) is 1. The summed E-state index contributed by atoms with van der Waals surface area (Å²) in [5.41, 5.74) is 0. The van der Waals surface area contributed by atoms with E-state index in [0.29, 0.717) is 0 Å². The first-order chi connectivity index (χ1) is 5.26. The van der Waals surface area contributed by atoms with Gasteiger partial charge < -0.3 is 5.11 Å². The van der Waals surface area contributed by atoms with Gasteiger partial charge in [0.1, 0.15) is 0 Å². The minimum absolute atomic E-state index is 0.0625. The second kappa shape index (κ2) is 5.27. The third-order valence-corrected chi connectivity index (χ3v) is 1.73. The van der Waals surface area contributed by atoms with Crippen LogP contribution in [0.25, 0.3) is 1.43 Å². The highest BCUT2D eigenvalue weighted by Crippen LogP contribution is 2.11. The molecule has 0 rings (SSSR count). The first-order valence-electron chi connectivity index (χ1n) is 4.34. The zero-order valence-corrected chi connectivity index (χ0v) is 6.72. The quantitative estimate of drug-likeness (QED) is 0.644. The van der Waals surface area contributed by atoms with E-state index < -0.39 is 0 Å². The highest BCUT2D eigenvalue weighted by atomic mass is 16.4. The van der Waals surface area contributed by atoms with Crippen LogP contribution in [0.5, 0.6) is 0 Å². The smallest absolute Gasteiger partial charge is 0.306 e. The molecule has 0 aromatic rings. The molecule has 0 saturated carbocycles. The molecule has 1 unspecified atom stereocenters. The van der Waals surface area contributed by atoms with E-state index in [2.05, 4.69) is 12.0 Å². The fraction of sp³-hybridized carbons (Fsp3) is 0.875. The second-order valence-electron chi connectivity index (χ2n) is 2.57. The molecule has 0 fully saturated rings. The average Bonchev–Trinajstić information content (AvgIpc) is 2.05. The summed E-state index contributed by atoms with van der Waals surface area (Å²) < 4.78 is 6.43. The largest absolute Gasteiger partial charge is 0.481 e. The van der Waals surface area contributed by atoms with Crippen molar-refractivity contribution in [3.8, 4) is 0 Å². The van der Waals surface area contributed by atoms with Gasteiger partial charge in [0, 0.05) is 0 Å². The summed E-state index contributed by atoms with van der Waals surface area (Å²) in [5.74, 6) is -0.451. The van der Waals surface area contributed by atoms with Crippen LogP contribution < -0.4 is 0 Å². The van der Waals surface area contributed by atoms with Crippen LogP contribution >= 0.6 is 0 Å². The molecular weight excluding hydrogens is 128 g/mol. The summed E-state index contributed by atoms with van der Waals surface area (Å²) in [7, 11) is 0. The molecule has 1 N–H and O–H groups in total. The van der Waals surface area contributed by atoms with Crippen LogP contribution in [0.1, 0.15) is 39.5 Å². The fourth-order valence-electron chi connectivity index (χ4n) is 0.939. The Hall–Kier alpha value is -0.530. The molecule has 0 aromatic heterocycles. The minimum atomic E-state index is -0.388. The van der Waals surface area contributed by atoms with E-state index in [4.69, 9.17) is 1.43 Å². The van der Waals surface area contributed by atoms with Crippen LogP contribution in [0.2, 0.25) is 0 Å². The highest BCUT2D eigenvalue weighted by molar-refractivity contribution is 5.69. The van der Waals surface area contributed by atoms with Crippen LogP contribution in [0.3, 0.4) is 0 Å². The molecule has 2 heteroatoms. The lowest BCUT2D eigenvalue weighted by Crippen LogP contribution is -2.11. The molecule has 0 bridgehead atoms. The lowest BCUT2D eigenvalue weighted by Gasteiger charge is -2.06. The standard InChI is InChI=1S/C8H16O2/c1-3-5-6-7(4-2)8(9)10/h7H,3-6H2,1-2H3,(H,9,10)/i/hD. The van der Waals surface area contributed by atoms with Crippen molar-refractivity contribution in [1.82, 2.24) is 0 Å². The number of aliphatic carboxylic acids is 1. The van der Waals surface area contributed by atoms with Crippen LogP contribution in [0, 0.1) is 5.92 Å². The maximum Gasteiger partial charge on any atom is 0.306 e. The van der Waals surface area contributed by atoms with E-state index in [0.717, 1.165) is 25.7 Å². The average molecular weight is 145 g/mol. The first kappa shape index (κ1) is 7.58. The normalized spacial score (nSPS) is 14.0. The van der Waals surface area contributed by atoms with E-state index in [1.165, 1.54) is 0 Å². The summed E-state index contributed by atoms with van der Waals surface area (Å²) in [5, 5.41) is 3.91. The molecule has 0 aliphatic carbocycles. The molecule has 0 heterocycles. The van der Waals surface area contributed by atoms with Gasteiger partial charge in [-0.3, -0.25) is 4.79 Å². The highest BCUT2D eigenvalue weighted by Gasteiger charge is 2.12. The van der Waals surface area contributed by atoms with Gasteiger partial charge in [0.25, 0.3) is 1.43 Å². The number of carboxylic acid groups (broad SMARTS) is 1. The van der Waals surface area contributed by atoms with Crippen LogP contribution in [0.15, 0.2) is 0 Å². The maximum absolute atomic E-state index is 10.8. The van der Waals surface area contributed by atoms with Crippen molar-refractivity contribution in [2.45, 2.75) is 39.5 Å². The Morgan fingerprint density at radius 3 is 2.80 bits per heavy atom. The predicted octanol–water partition coefficient (Wildman–Crippen LogP) is 2.29. The topological polar surface area (TPSA) is 37.3 Å². The molecule has 0 saturated heterocycles. The van der Waals surface area contributed by atoms with Crippen molar-refractivity contribution >= 4 is 5.97 Å². The number of rotatable bonds is 5. The van der Waals surface area contributed by atoms with E-state index in [1.807, 2.05) is 6.92 Å². The maximum atomic E-state index is 10.8. The Kier molecular flexibility index (Phi) is 3.99. The summed E-state index contributed by atoms with van der Waals surface area (Å²) in [6, 6.07) is 0. The first-order valence-corrected chi connectivity index (χ1v) is 3.93. The van der Waals surface area contributed by atoms with Crippen molar-refractivity contribution in [3.63, 3.8) is 0 Å². The molecule has 60 valence electrons. The molecule has 2 nitrogen and oxygen atoms in total. The van der Waals surface area contributed by atoms with Gasteiger partial charge in [-0.1, -0.05) is 26.7 Å². The zero-order valence-electron chi connectivity index (χ0n) is 7.72. The van der Waals surface area contributed by atoms with Gasteiger partial charge in [0.15, 0.2) is 0 Å². The monoisotopic (exact) mass is 145 g/mol. The van der Waals surface area contributed by atoms with Gasteiger partial charge in [-0.2, -0.15) is 0 Å². The zero-order chi connectivity index (χ0) is 8.69. The molecule has 0 radical (unpaired) electrons. The van der Waals surface area contributed by atoms with E-state index in [-0.39, 0.29) is 11.9 Å². The van der Waals surface area contributed by atoms with Crippen LogP contribution in [-0.4, -0.2) is 11.1 Å². The van der Waals surface area contributed by atoms with Crippen molar-refractivity contribution in [1.29, 1.82) is 1.43 Å². The predicted molar refractivity (Wildman–Crippen MR) is 40.9 cm³/mol. The number of hydrogen-bond acceptors (Lipinski definition) is 2. The van der Waals surface area contributed by atoms with Gasteiger partial charge in [0.05, 0.1) is 5.92 Å². The third kappa shape index (κ3) is 3.49. The van der Waals surface area contributed by atoms with Gasteiger partial charge in [-0.25, -0.2) is 0 Å². The Bertz CT molecular complexity index is 115. The van der Waals surface area contributed by atoms with Crippen molar-refractivity contribution < 1.29 is 9.90 Å². The molecule has 0 amide bonds. The lowest BCUT2D eigenvalue weighted by atomic mass is 10.00. The second-order valence-corrected chi connectivity index (χ2v) is 2.57. The van der Waals surface area contributed by atoms with Gasteiger partial charge in [-0.15, -0.1) is 0 Å². The van der Waals surface area contributed by atoms with Crippen molar-refractivity contribution in [2.75, 3.05) is 0 Å². The molecule has 0 aromatic carbocycles. The molecule has 0 aliphatic rings. The van der Waals surface area contributed by atoms with Crippen molar-refractivity contribution in [3.05, 3.63) is 0 Å². The Morgan fingerprint density at radius 2 is 2.40 bits per heavy atom.